The molecular formula is C17H25BrFN. The van der Waals surface area contributed by atoms with E-state index in [1.54, 1.807) is 12.1 Å². The molecule has 0 saturated carbocycles. The van der Waals surface area contributed by atoms with E-state index in [1.165, 1.54) is 31.2 Å². The maximum Gasteiger partial charge on any atom is 0.125 e. The number of alkyl halides is 1. The van der Waals surface area contributed by atoms with Crippen LogP contribution in [-0.2, 0) is 6.42 Å². The Labute approximate surface area is 130 Å². The number of rotatable bonds is 7. The molecule has 0 radical (unpaired) electrons. The summed E-state index contributed by atoms with van der Waals surface area (Å²) in [7, 11) is 0. The van der Waals surface area contributed by atoms with Gasteiger partial charge in [0.25, 0.3) is 0 Å². The average molecular weight is 342 g/mol. The first-order valence-corrected chi connectivity index (χ1v) is 8.85. The zero-order valence-corrected chi connectivity index (χ0v) is 14.2. The van der Waals surface area contributed by atoms with Gasteiger partial charge in [-0.1, -0.05) is 48.7 Å². The van der Waals surface area contributed by atoms with Crippen LogP contribution in [0.3, 0.4) is 0 Å². The van der Waals surface area contributed by atoms with Crippen molar-refractivity contribution in [2.45, 2.75) is 46.0 Å². The molecule has 2 rings (SSSR count). The molecule has 1 heterocycles. The Morgan fingerprint density at radius 3 is 2.55 bits per heavy atom. The van der Waals surface area contributed by atoms with Gasteiger partial charge in [-0.3, -0.25) is 0 Å². The third-order valence-corrected chi connectivity index (χ3v) is 5.60. The summed E-state index contributed by atoms with van der Waals surface area (Å²) in [4.78, 5) is 2.39. The third-order valence-electron chi connectivity index (χ3n) is 4.41. The van der Waals surface area contributed by atoms with Crippen LogP contribution in [0.1, 0.15) is 45.1 Å². The topological polar surface area (TPSA) is 3.24 Å². The quantitative estimate of drug-likeness (QED) is 0.618. The molecule has 0 saturated heterocycles. The van der Waals surface area contributed by atoms with Gasteiger partial charge in [0.05, 0.1) is 0 Å². The van der Waals surface area contributed by atoms with E-state index >= 15 is 0 Å². The molecule has 0 spiro atoms. The summed E-state index contributed by atoms with van der Waals surface area (Å²) < 4.78 is 13.5. The number of benzene rings is 1. The lowest BCUT2D eigenvalue weighted by molar-refractivity contribution is 0.281. The highest BCUT2D eigenvalue weighted by molar-refractivity contribution is 9.09. The number of hydrogen-bond donors (Lipinski definition) is 0. The maximum atomic E-state index is 13.5. The van der Waals surface area contributed by atoms with E-state index in [9.17, 15) is 4.39 Å². The molecule has 0 aliphatic carbocycles. The van der Waals surface area contributed by atoms with Gasteiger partial charge in [-0.05, 0) is 42.4 Å². The fourth-order valence-electron chi connectivity index (χ4n) is 3.51. The molecule has 1 aromatic rings. The van der Waals surface area contributed by atoms with Crippen LogP contribution in [-0.4, -0.2) is 18.4 Å². The molecule has 1 nitrogen and oxygen atoms in total. The molecule has 112 valence electrons. The lowest BCUT2D eigenvalue weighted by Gasteiger charge is -2.37. The van der Waals surface area contributed by atoms with Crippen molar-refractivity contribution in [2.75, 3.05) is 23.3 Å². The van der Waals surface area contributed by atoms with E-state index in [0.29, 0.717) is 5.41 Å². The fraction of sp³-hybridized carbons (Fsp3) is 0.647. The molecule has 0 amide bonds. The Bertz CT molecular complexity index is 441. The molecule has 1 aliphatic heterocycles. The molecule has 20 heavy (non-hydrogen) atoms. The Morgan fingerprint density at radius 1 is 1.25 bits per heavy atom. The molecule has 0 atom stereocenters. The molecule has 3 heteroatoms. The molecule has 1 aliphatic rings. The number of halogens is 2. The van der Waals surface area contributed by atoms with E-state index in [-0.39, 0.29) is 5.82 Å². The first-order valence-electron chi connectivity index (χ1n) is 7.73. The molecule has 0 bridgehead atoms. The van der Waals surface area contributed by atoms with E-state index < -0.39 is 0 Å². The molecule has 1 aromatic carbocycles. The largest absolute Gasteiger partial charge is 0.370 e. The van der Waals surface area contributed by atoms with Gasteiger partial charge in [-0.2, -0.15) is 0 Å². The lowest BCUT2D eigenvalue weighted by atomic mass is 9.80. The Balaban J connectivity index is 2.19. The van der Waals surface area contributed by atoms with Crippen molar-refractivity contribution in [1.82, 2.24) is 0 Å². The molecule has 0 unspecified atom stereocenters. The maximum absolute atomic E-state index is 13.5. The van der Waals surface area contributed by atoms with Crippen molar-refractivity contribution in [3.05, 3.63) is 29.6 Å². The van der Waals surface area contributed by atoms with Crippen molar-refractivity contribution in [2.24, 2.45) is 5.41 Å². The minimum atomic E-state index is -0.119. The van der Waals surface area contributed by atoms with Crippen molar-refractivity contribution < 1.29 is 4.39 Å². The SMILES string of the molecule is CCCC(CBr)(CCC)CN1CCc2ccc(F)cc21. The second-order valence-corrected chi connectivity index (χ2v) is 6.64. The van der Waals surface area contributed by atoms with E-state index in [4.69, 9.17) is 0 Å². The zero-order chi connectivity index (χ0) is 14.6. The van der Waals surface area contributed by atoms with Gasteiger partial charge >= 0.3 is 0 Å². The van der Waals surface area contributed by atoms with Gasteiger partial charge in [-0.15, -0.1) is 0 Å². The van der Waals surface area contributed by atoms with Gasteiger partial charge in [-0.25, -0.2) is 4.39 Å². The summed E-state index contributed by atoms with van der Waals surface area (Å²) in [6.07, 6.45) is 5.91. The van der Waals surface area contributed by atoms with Crippen LogP contribution in [0.4, 0.5) is 10.1 Å². The smallest absolute Gasteiger partial charge is 0.125 e. The van der Waals surface area contributed by atoms with E-state index in [0.717, 1.165) is 30.5 Å². The van der Waals surface area contributed by atoms with Crippen molar-refractivity contribution >= 4 is 21.6 Å². The highest BCUT2D eigenvalue weighted by Crippen LogP contribution is 2.37. The van der Waals surface area contributed by atoms with Crippen LogP contribution in [0.2, 0.25) is 0 Å². The summed E-state index contributed by atoms with van der Waals surface area (Å²) in [5.41, 5.74) is 2.72. The first kappa shape index (κ1) is 15.8. The van der Waals surface area contributed by atoms with Crippen LogP contribution >= 0.6 is 15.9 Å². The summed E-state index contributed by atoms with van der Waals surface area (Å²) in [5, 5.41) is 1.03. The van der Waals surface area contributed by atoms with Crippen molar-refractivity contribution in [3.63, 3.8) is 0 Å². The second kappa shape index (κ2) is 6.93. The summed E-state index contributed by atoms with van der Waals surface area (Å²) >= 11 is 3.74. The zero-order valence-electron chi connectivity index (χ0n) is 12.6. The highest BCUT2D eigenvalue weighted by Gasteiger charge is 2.32. The normalized spacial score (nSPS) is 14.7. The van der Waals surface area contributed by atoms with E-state index in [2.05, 4.69) is 34.7 Å². The minimum absolute atomic E-state index is 0.119. The summed E-state index contributed by atoms with van der Waals surface area (Å²) in [6, 6.07) is 5.23. The molecule has 0 N–H and O–H groups in total. The minimum Gasteiger partial charge on any atom is -0.370 e. The van der Waals surface area contributed by atoms with Crippen LogP contribution in [0.15, 0.2) is 18.2 Å². The number of nitrogens with zero attached hydrogens (tertiary/aromatic N) is 1. The van der Waals surface area contributed by atoms with Crippen molar-refractivity contribution in [1.29, 1.82) is 0 Å². The predicted octanol–water partition coefficient (Wildman–Crippen LogP) is 5.17. The van der Waals surface area contributed by atoms with Gasteiger partial charge in [0.1, 0.15) is 5.82 Å². The fourth-order valence-corrected chi connectivity index (χ4v) is 4.25. The standard InChI is InChI=1S/C17H25BrFN/c1-3-8-17(12-18,9-4-2)13-20-10-7-14-5-6-15(19)11-16(14)20/h5-6,11H,3-4,7-10,12-13H2,1-2H3. The van der Waals surface area contributed by atoms with Gasteiger partial charge in [0.2, 0.25) is 0 Å². The third kappa shape index (κ3) is 3.36. The predicted molar refractivity (Wildman–Crippen MR) is 88.4 cm³/mol. The summed E-state index contributed by atoms with van der Waals surface area (Å²) in [6.45, 7) is 6.58. The highest BCUT2D eigenvalue weighted by atomic mass is 79.9. The second-order valence-electron chi connectivity index (χ2n) is 6.08. The summed E-state index contributed by atoms with van der Waals surface area (Å²) in [5.74, 6) is -0.119. The Kier molecular flexibility index (Phi) is 5.48. The average Bonchev–Trinajstić information content (AvgIpc) is 2.81. The van der Waals surface area contributed by atoms with E-state index in [1.807, 2.05) is 6.07 Å². The van der Waals surface area contributed by atoms with Crippen LogP contribution in [0.25, 0.3) is 0 Å². The van der Waals surface area contributed by atoms with Gasteiger partial charge < -0.3 is 4.90 Å². The Morgan fingerprint density at radius 2 is 1.95 bits per heavy atom. The van der Waals surface area contributed by atoms with Crippen LogP contribution in [0.5, 0.6) is 0 Å². The van der Waals surface area contributed by atoms with Crippen LogP contribution < -0.4 is 4.90 Å². The monoisotopic (exact) mass is 341 g/mol. The number of hydrogen-bond acceptors (Lipinski definition) is 1. The van der Waals surface area contributed by atoms with Gasteiger partial charge in [0, 0.05) is 24.1 Å². The van der Waals surface area contributed by atoms with Crippen molar-refractivity contribution in [3.8, 4) is 0 Å². The Hall–Kier alpha value is -0.570. The molecule has 0 aromatic heterocycles. The molecular weight excluding hydrogens is 317 g/mol. The van der Waals surface area contributed by atoms with Crippen LogP contribution in [0, 0.1) is 11.2 Å². The number of fused-ring (bicyclic) bond motifs is 1. The number of anilines is 1. The first-order chi connectivity index (χ1) is 9.64. The lowest BCUT2D eigenvalue weighted by Crippen LogP contribution is -2.38. The van der Waals surface area contributed by atoms with Gasteiger partial charge in [0.15, 0.2) is 0 Å². The molecule has 0 fully saturated rings.